The summed E-state index contributed by atoms with van der Waals surface area (Å²) in [6.45, 7) is -0.642. The van der Waals surface area contributed by atoms with Crippen molar-refractivity contribution in [3.05, 3.63) is 52.4 Å². The fraction of sp³-hybridized carbons (Fsp3) is 0.316. The van der Waals surface area contributed by atoms with E-state index in [1.165, 1.54) is 25.4 Å². The van der Waals surface area contributed by atoms with Crippen molar-refractivity contribution in [2.45, 2.75) is 18.6 Å². The Morgan fingerprint density at radius 2 is 2.19 bits per heavy atom. The van der Waals surface area contributed by atoms with Crippen molar-refractivity contribution in [2.75, 3.05) is 25.6 Å². The summed E-state index contributed by atoms with van der Waals surface area (Å²) in [5.74, 6) is -1.21. The molecule has 0 spiro atoms. The van der Waals surface area contributed by atoms with Crippen LogP contribution in [0.25, 0.3) is 0 Å². The maximum atomic E-state index is 14.5. The lowest BCUT2D eigenvalue weighted by Crippen LogP contribution is -2.45. The van der Waals surface area contributed by atoms with Crippen LogP contribution in [0.5, 0.6) is 5.88 Å². The first-order valence-electron chi connectivity index (χ1n) is 8.87. The molecule has 0 bridgehead atoms. The van der Waals surface area contributed by atoms with Gasteiger partial charge in [0.25, 0.3) is 6.43 Å². The summed E-state index contributed by atoms with van der Waals surface area (Å²) in [5, 5.41) is 2.66. The number of nitrogens with one attached hydrogen (secondary N) is 1. The molecule has 31 heavy (non-hydrogen) atoms. The molecule has 1 atom stereocenters. The Balaban J connectivity index is 1.86. The van der Waals surface area contributed by atoms with Crippen molar-refractivity contribution < 1.29 is 32.2 Å². The molecule has 1 aliphatic heterocycles. The molecule has 2 aromatic rings. The Hall–Kier alpha value is -2.89. The Kier molecular flexibility index (Phi) is 6.98. The third kappa shape index (κ3) is 5.06. The number of aliphatic imine (C=N–C) groups is 1. The molecule has 1 aliphatic rings. The topological polar surface area (TPSA) is 108 Å². The lowest BCUT2D eigenvalue weighted by Gasteiger charge is -2.33. The number of hydrogen-bond donors (Lipinski definition) is 2. The molecule has 0 saturated carbocycles. The second-order valence-electron chi connectivity index (χ2n) is 6.58. The average Bonchev–Trinajstić information content (AvgIpc) is 2.71. The number of aromatic nitrogens is 1. The van der Waals surface area contributed by atoms with Gasteiger partial charge in [0, 0.05) is 30.1 Å². The molecule has 12 heteroatoms. The minimum Gasteiger partial charge on any atom is -0.391 e. The van der Waals surface area contributed by atoms with E-state index in [-0.39, 0.29) is 30.6 Å². The van der Waals surface area contributed by atoms with Crippen LogP contribution in [0, 0.1) is 5.82 Å². The van der Waals surface area contributed by atoms with Gasteiger partial charge in [0.05, 0.1) is 18.2 Å². The summed E-state index contributed by atoms with van der Waals surface area (Å²) in [5.41, 5.74) is 3.12. The van der Waals surface area contributed by atoms with Crippen molar-refractivity contribution in [3.8, 4) is 5.88 Å². The third-order valence-electron chi connectivity index (χ3n) is 4.34. The fourth-order valence-corrected chi connectivity index (χ4v) is 3.17. The number of pyridine rings is 1. The highest BCUT2D eigenvalue weighted by Crippen LogP contribution is 2.38. The monoisotopic (exact) mass is 458 g/mol. The van der Waals surface area contributed by atoms with Crippen LogP contribution in [0.15, 0.2) is 35.5 Å². The van der Waals surface area contributed by atoms with Gasteiger partial charge in [-0.1, -0.05) is 11.6 Å². The fourth-order valence-electron chi connectivity index (χ4n) is 2.98. The normalized spacial score (nSPS) is 18.6. The molecule has 3 N–H and O–H groups in total. The summed E-state index contributed by atoms with van der Waals surface area (Å²) in [6.07, 6.45) is -2.83. The van der Waals surface area contributed by atoms with E-state index in [0.29, 0.717) is 10.6 Å². The molecule has 1 amide bonds. The standard InChI is InChI=1S/C19H18ClF3N4O4/c1-29-7-10-4-11(20)6-25-16(10)31-18(28)26-12-2-3-14(21)13(5-12)19(17(22)23)9-30-8-15(24)27-19/h2-6,17H,7-9H2,1H3,(H2,24,27)(H,26,28). The number of rotatable bonds is 6. The molecule has 0 aliphatic carbocycles. The maximum Gasteiger partial charge on any atom is 0.418 e. The number of carbonyl (C=O) groups excluding carboxylic acids is 1. The van der Waals surface area contributed by atoms with Gasteiger partial charge in [0.1, 0.15) is 18.3 Å². The van der Waals surface area contributed by atoms with E-state index in [4.69, 9.17) is 31.5 Å². The summed E-state index contributed by atoms with van der Waals surface area (Å²) in [4.78, 5) is 20.0. The summed E-state index contributed by atoms with van der Waals surface area (Å²) < 4.78 is 57.5. The van der Waals surface area contributed by atoms with E-state index >= 15 is 0 Å². The van der Waals surface area contributed by atoms with E-state index in [9.17, 15) is 18.0 Å². The van der Waals surface area contributed by atoms with E-state index < -0.39 is 36.0 Å². The predicted molar refractivity (Wildman–Crippen MR) is 106 cm³/mol. The van der Waals surface area contributed by atoms with Crippen LogP contribution in [0.1, 0.15) is 11.1 Å². The van der Waals surface area contributed by atoms with Gasteiger partial charge in [-0.15, -0.1) is 0 Å². The minimum absolute atomic E-state index is 0.0111. The van der Waals surface area contributed by atoms with Gasteiger partial charge in [-0.05, 0) is 24.3 Å². The number of amides is 1. The van der Waals surface area contributed by atoms with Gasteiger partial charge in [0.2, 0.25) is 5.88 Å². The van der Waals surface area contributed by atoms with Crippen LogP contribution < -0.4 is 15.8 Å². The zero-order valence-corrected chi connectivity index (χ0v) is 17.0. The first-order valence-corrected chi connectivity index (χ1v) is 9.25. The number of nitrogens with zero attached hydrogens (tertiary/aromatic N) is 2. The van der Waals surface area contributed by atoms with Crippen LogP contribution in [-0.4, -0.2) is 43.7 Å². The van der Waals surface area contributed by atoms with Crippen LogP contribution in [0.3, 0.4) is 0 Å². The molecule has 0 saturated heterocycles. The SMILES string of the molecule is COCc1cc(Cl)cnc1OC(=O)Nc1ccc(F)c(C2(C(F)F)COCC(N)=N2)c1. The van der Waals surface area contributed by atoms with E-state index in [1.807, 2.05) is 0 Å². The largest absolute Gasteiger partial charge is 0.418 e. The van der Waals surface area contributed by atoms with Crippen molar-refractivity contribution in [1.82, 2.24) is 4.98 Å². The first-order chi connectivity index (χ1) is 14.7. The summed E-state index contributed by atoms with van der Waals surface area (Å²) in [6, 6.07) is 4.64. The molecule has 8 nitrogen and oxygen atoms in total. The summed E-state index contributed by atoms with van der Waals surface area (Å²) >= 11 is 5.87. The van der Waals surface area contributed by atoms with Gasteiger partial charge in [-0.25, -0.2) is 22.9 Å². The Bertz CT molecular complexity index is 1010. The zero-order chi connectivity index (χ0) is 22.6. The number of methoxy groups -OCH3 is 1. The van der Waals surface area contributed by atoms with Crippen LogP contribution in [0.2, 0.25) is 5.02 Å². The van der Waals surface area contributed by atoms with Crippen LogP contribution in [0.4, 0.5) is 23.7 Å². The highest BCUT2D eigenvalue weighted by atomic mass is 35.5. The number of alkyl halides is 2. The number of halogens is 4. The molecular formula is C19H18ClF3N4O4. The van der Waals surface area contributed by atoms with E-state index in [2.05, 4.69) is 15.3 Å². The predicted octanol–water partition coefficient (Wildman–Crippen LogP) is 3.48. The van der Waals surface area contributed by atoms with Gasteiger partial charge in [0.15, 0.2) is 5.54 Å². The number of anilines is 1. The van der Waals surface area contributed by atoms with Crippen molar-refractivity contribution in [1.29, 1.82) is 0 Å². The smallest absolute Gasteiger partial charge is 0.391 e. The third-order valence-corrected chi connectivity index (χ3v) is 4.54. The Labute approximate surface area is 180 Å². The average molecular weight is 459 g/mol. The number of hydrogen-bond acceptors (Lipinski definition) is 7. The molecule has 0 fully saturated rings. The van der Waals surface area contributed by atoms with E-state index in [0.717, 1.165) is 12.1 Å². The maximum absolute atomic E-state index is 14.5. The lowest BCUT2D eigenvalue weighted by molar-refractivity contribution is -0.0145. The second-order valence-corrected chi connectivity index (χ2v) is 7.02. The zero-order valence-electron chi connectivity index (χ0n) is 16.2. The first kappa shape index (κ1) is 22.8. The molecule has 3 rings (SSSR count). The lowest BCUT2D eigenvalue weighted by atomic mass is 9.90. The summed E-state index contributed by atoms with van der Waals surface area (Å²) in [7, 11) is 1.44. The molecule has 1 aromatic carbocycles. The number of amidine groups is 1. The van der Waals surface area contributed by atoms with Crippen molar-refractivity contribution in [3.63, 3.8) is 0 Å². The van der Waals surface area contributed by atoms with Crippen molar-refractivity contribution in [2.24, 2.45) is 10.7 Å². The van der Waals surface area contributed by atoms with Gasteiger partial charge < -0.3 is 19.9 Å². The number of nitrogens with two attached hydrogens (primary N) is 1. The van der Waals surface area contributed by atoms with Crippen LogP contribution in [-0.2, 0) is 21.6 Å². The number of benzene rings is 1. The highest BCUT2D eigenvalue weighted by Gasteiger charge is 2.46. The number of ether oxygens (including phenoxy) is 3. The van der Waals surface area contributed by atoms with E-state index in [1.54, 1.807) is 0 Å². The minimum atomic E-state index is -3.11. The van der Waals surface area contributed by atoms with Crippen molar-refractivity contribution >= 4 is 29.2 Å². The van der Waals surface area contributed by atoms with Gasteiger partial charge >= 0.3 is 6.09 Å². The molecule has 2 heterocycles. The Morgan fingerprint density at radius 3 is 2.87 bits per heavy atom. The second kappa shape index (κ2) is 9.50. The molecule has 0 radical (unpaired) electrons. The number of carbonyl (C=O) groups is 1. The molecule has 166 valence electrons. The molecular weight excluding hydrogens is 441 g/mol. The van der Waals surface area contributed by atoms with Gasteiger partial charge in [-0.2, -0.15) is 0 Å². The molecule has 1 aromatic heterocycles. The highest BCUT2D eigenvalue weighted by molar-refractivity contribution is 6.30. The quantitative estimate of drug-likeness (QED) is 0.686. The van der Waals surface area contributed by atoms with Gasteiger partial charge in [-0.3, -0.25) is 10.3 Å². The Morgan fingerprint density at radius 1 is 1.42 bits per heavy atom. The molecule has 1 unspecified atom stereocenters. The van der Waals surface area contributed by atoms with Crippen LogP contribution >= 0.6 is 11.6 Å².